The molecule has 0 amide bonds. The van der Waals surface area contributed by atoms with Crippen molar-refractivity contribution in [2.75, 3.05) is 29.9 Å². The standard InChI is InChI=1S/C13H22N4O/c1-2-6-14-12-9-13(16-10-15-12)17(7-8-18)11-4-3-5-11/h9-11,18H,2-8H2,1H3,(H,14,15,16). The van der Waals surface area contributed by atoms with E-state index in [9.17, 15) is 5.11 Å². The largest absolute Gasteiger partial charge is 0.395 e. The number of anilines is 2. The van der Waals surface area contributed by atoms with Crippen molar-refractivity contribution in [3.8, 4) is 0 Å². The van der Waals surface area contributed by atoms with Gasteiger partial charge < -0.3 is 15.3 Å². The molecule has 1 aromatic rings. The van der Waals surface area contributed by atoms with Gasteiger partial charge in [0, 0.05) is 25.2 Å². The summed E-state index contributed by atoms with van der Waals surface area (Å²) < 4.78 is 0. The molecule has 0 unspecified atom stereocenters. The molecule has 0 bridgehead atoms. The average Bonchev–Trinajstić information content (AvgIpc) is 2.34. The summed E-state index contributed by atoms with van der Waals surface area (Å²) in [5.74, 6) is 1.78. The number of hydrogen-bond donors (Lipinski definition) is 2. The highest BCUT2D eigenvalue weighted by molar-refractivity contribution is 5.49. The summed E-state index contributed by atoms with van der Waals surface area (Å²) >= 11 is 0. The Morgan fingerprint density at radius 1 is 1.44 bits per heavy atom. The number of aliphatic hydroxyl groups is 1. The van der Waals surface area contributed by atoms with Crippen molar-refractivity contribution in [3.63, 3.8) is 0 Å². The molecular formula is C13H22N4O. The second-order valence-electron chi connectivity index (χ2n) is 4.69. The molecule has 18 heavy (non-hydrogen) atoms. The fourth-order valence-electron chi connectivity index (χ4n) is 2.14. The smallest absolute Gasteiger partial charge is 0.134 e. The fraction of sp³-hybridized carbons (Fsp3) is 0.692. The van der Waals surface area contributed by atoms with Gasteiger partial charge in [-0.15, -0.1) is 0 Å². The van der Waals surface area contributed by atoms with E-state index in [1.54, 1.807) is 6.33 Å². The third-order valence-corrected chi connectivity index (χ3v) is 3.36. The second-order valence-corrected chi connectivity index (χ2v) is 4.69. The highest BCUT2D eigenvalue weighted by atomic mass is 16.3. The normalized spacial score (nSPS) is 15.2. The van der Waals surface area contributed by atoms with Crippen LogP contribution in [-0.2, 0) is 0 Å². The maximum Gasteiger partial charge on any atom is 0.134 e. The van der Waals surface area contributed by atoms with Crippen molar-refractivity contribution < 1.29 is 5.11 Å². The molecule has 0 saturated heterocycles. The number of nitrogens with one attached hydrogen (secondary N) is 1. The lowest BCUT2D eigenvalue weighted by molar-refractivity contribution is 0.283. The SMILES string of the molecule is CCCNc1cc(N(CCO)C2CCC2)ncn1. The zero-order valence-corrected chi connectivity index (χ0v) is 11.0. The predicted molar refractivity (Wildman–Crippen MR) is 72.9 cm³/mol. The summed E-state index contributed by atoms with van der Waals surface area (Å²) in [6.45, 7) is 3.86. The molecule has 1 aliphatic rings. The molecule has 0 radical (unpaired) electrons. The van der Waals surface area contributed by atoms with E-state index in [0.29, 0.717) is 12.6 Å². The van der Waals surface area contributed by atoms with E-state index in [4.69, 9.17) is 0 Å². The zero-order chi connectivity index (χ0) is 12.8. The molecule has 5 nitrogen and oxygen atoms in total. The lowest BCUT2D eigenvalue weighted by atomic mass is 9.91. The highest BCUT2D eigenvalue weighted by Crippen LogP contribution is 2.28. The zero-order valence-electron chi connectivity index (χ0n) is 11.0. The molecule has 5 heteroatoms. The van der Waals surface area contributed by atoms with Crippen LogP contribution in [0.5, 0.6) is 0 Å². The van der Waals surface area contributed by atoms with E-state index < -0.39 is 0 Å². The first-order valence-electron chi connectivity index (χ1n) is 6.78. The molecule has 0 aliphatic heterocycles. The van der Waals surface area contributed by atoms with Crippen molar-refractivity contribution >= 4 is 11.6 Å². The first kappa shape index (κ1) is 13.1. The molecule has 2 N–H and O–H groups in total. The van der Waals surface area contributed by atoms with Crippen LogP contribution in [0.15, 0.2) is 12.4 Å². The van der Waals surface area contributed by atoms with Gasteiger partial charge in [0.2, 0.25) is 0 Å². The number of hydrogen-bond acceptors (Lipinski definition) is 5. The minimum absolute atomic E-state index is 0.165. The Hall–Kier alpha value is -1.36. The van der Waals surface area contributed by atoms with Crippen LogP contribution in [0.1, 0.15) is 32.6 Å². The Bertz CT molecular complexity index is 368. The van der Waals surface area contributed by atoms with Crippen LogP contribution >= 0.6 is 0 Å². The highest BCUT2D eigenvalue weighted by Gasteiger charge is 2.25. The van der Waals surface area contributed by atoms with Gasteiger partial charge in [-0.25, -0.2) is 9.97 Å². The van der Waals surface area contributed by atoms with E-state index >= 15 is 0 Å². The van der Waals surface area contributed by atoms with Gasteiger partial charge in [-0.05, 0) is 25.7 Å². The Labute approximate surface area is 108 Å². The van der Waals surface area contributed by atoms with Crippen LogP contribution in [0, 0.1) is 0 Å². The second kappa shape index (κ2) is 6.54. The summed E-state index contributed by atoms with van der Waals surface area (Å²) in [4.78, 5) is 10.7. The van der Waals surface area contributed by atoms with E-state index in [1.165, 1.54) is 19.3 Å². The third-order valence-electron chi connectivity index (χ3n) is 3.36. The lowest BCUT2D eigenvalue weighted by Crippen LogP contribution is -2.42. The van der Waals surface area contributed by atoms with Gasteiger partial charge in [0.15, 0.2) is 0 Å². The predicted octanol–water partition coefficient (Wildman–Crippen LogP) is 1.65. The maximum atomic E-state index is 9.18. The molecule has 1 saturated carbocycles. The molecule has 1 aliphatic carbocycles. The molecule has 0 aromatic carbocycles. The summed E-state index contributed by atoms with van der Waals surface area (Å²) in [5.41, 5.74) is 0. The third kappa shape index (κ3) is 3.10. The van der Waals surface area contributed by atoms with Gasteiger partial charge >= 0.3 is 0 Å². The summed E-state index contributed by atoms with van der Waals surface area (Å²) in [7, 11) is 0. The van der Waals surface area contributed by atoms with Crippen molar-refractivity contribution in [2.24, 2.45) is 0 Å². The van der Waals surface area contributed by atoms with Gasteiger partial charge in [0.25, 0.3) is 0 Å². The minimum Gasteiger partial charge on any atom is -0.395 e. The van der Waals surface area contributed by atoms with Gasteiger partial charge in [-0.1, -0.05) is 6.92 Å². The topological polar surface area (TPSA) is 61.3 Å². The Morgan fingerprint density at radius 3 is 2.89 bits per heavy atom. The van der Waals surface area contributed by atoms with Crippen LogP contribution < -0.4 is 10.2 Å². The molecule has 0 spiro atoms. The van der Waals surface area contributed by atoms with Gasteiger partial charge in [0.1, 0.15) is 18.0 Å². The Kier molecular flexibility index (Phi) is 4.75. The van der Waals surface area contributed by atoms with Gasteiger partial charge in [-0.2, -0.15) is 0 Å². The number of aliphatic hydroxyl groups excluding tert-OH is 1. The van der Waals surface area contributed by atoms with Crippen molar-refractivity contribution in [1.82, 2.24) is 9.97 Å². The van der Waals surface area contributed by atoms with Crippen LogP contribution in [0.3, 0.4) is 0 Å². The molecule has 1 aromatic heterocycles. The van der Waals surface area contributed by atoms with Crippen molar-refractivity contribution in [2.45, 2.75) is 38.6 Å². The first-order valence-corrected chi connectivity index (χ1v) is 6.78. The maximum absolute atomic E-state index is 9.18. The minimum atomic E-state index is 0.165. The van der Waals surface area contributed by atoms with Gasteiger partial charge in [-0.3, -0.25) is 0 Å². The quantitative estimate of drug-likeness (QED) is 0.770. The van der Waals surface area contributed by atoms with Crippen LogP contribution in [0.2, 0.25) is 0 Å². The van der Waals surface area contributed by atoms with E-state index in [-0.39, 0.29) is 6.61 Å². The molecule has 100 valence electrons. The van der Waals surface area contributed by atoms with Gasteiger partial charge in [0.05, 0.1) is 6.61 Å². The molecule has 1 fully saturated rings. The Morgan fingerprint density at radius 2 is 2.28 bits per heavy atom. The molecule has 1 heterocycles. The Balaban J connectivity index is 2.08. The number of rotatable bonds is 7. The van der Waals surface area contributed by atoms with Crippen molar-refractivity contribution in [1.29, 1.82) is 0 Å². The number of nitrogens with zero attached hydrogens (tertiary/aromatic N) is 3. The lowest BCUT2D eigenvalue weighted by Gasteiger charge is -2.38. The van der Waals surface area contributed by atoms with E-state index in [0.717, 1.165) is 24.6 Å². The average molecular weight is 250 g/mol. The van der Waals surface area contributed by atoms with Crippen LogP contribution in [-0.4, -0.2) is 40.8 Å². The summed E-state index contributed by atoms with van der Waals surface area (Å²) in [6.07, 6.45) is 6.33. The molecule has 0 atom stereocenters. The number of aromatic nitrogens is 2. The molecule has 2 rings (SSSR count). The molecular weight excluding hydrogens is 228 g/mol. The summed E-state index contributed by atoms with van der Waals surface area (Å²) in [6, 6.07) is 2.51. The monoisotopic (exact) mass is 250 g/mol. The van der Waals surface area contributed by atoms with Crippen LogP contribution in [0.4, 0.5) is 11.6 Å². The van der Waals surface area contributed by atoms with E-state index in [1.807, 2.05) is 6.07 Å². The van der Waals surface area contributed by atoms with Crippen LogP contribution in [0.25, 0.3) is 0 Å². The fourth-order valence-corrected chi connectivity index (χ4v) is 2.14. The first-order chi connectivity index (χ1) is 8.85. The van der Waals surface area contributed by atoms with E-state index in [2.05, 4.69) is 27.1 Å². The summed E-state index contributed by atoms with van der Waals surface area (Å²) in [5, 5.41) is 12.4. The van der Waals surface area contributed by atoms with Crippen molar-refractivity contribution in [3.05, 3.63) is 12.4 Å².